The molecule has 5 aromatic carbocycles. The van der Waals surface area contributed by atoms with Gasteiger partial charge in [0.05, 0.1) is 7.11 Å². The number of benzene rings is 5. The van der Waals surface area contributed by atoms with Gasteiger partial charge in [0.25, 0.3) is 0 Å². The van der Waals surface area contributed by atoms with Gasteiger partial charge in [-0.2, -0.15) is 0 Å². The van der Waals surface area contributed by atoms with Gasteiger partial charge < -0.3 is 4.74 Å². The fraction of sp³-hybridized carbons (Fsp3) is 0.0769. The summed E-state index contributed by atoms with van der Waals surface area (Å²) in [6.45, 7) is 2.20. The Morgan fingerprint density at radius 3 is 1.78 bits per heavy atom. The van der Waals surface area contributed by atoms with Crippen LogP contribution in [-0.2, 0) is 0 Å². The maximum Gasteiger partial charge on any atom is 0.118 e. The molecule has 0 atom stereocenters. The van der Waals surface area contributed by atoms with Crippen LogP contribution in [0, 0.1) is 6.92 Å². The van der Waals surface area contributed by atoms with Gasteiger partial charge in [-0.05, 0) is 74.1 Å². The highest BCUT2D eigenvalue weighted by molar-refractivity contribution is 6.21. The number of ether oxygens (including phenoxy) is 1. The molecule has 0 fully saturated rings. The summed E-state index contributed by atoms with van der Waals surface area (Å²) in [4.78, 5) is 0. The van der Waals surface area contributed by atoms with Gasteiger partial charge in [-0.25, -0.2) is 0 Å². The van der Waals surface area contributed by atoms with E-state index in [1.54, 1.807) is 7.11 Å². The molecule has 0 unspecified atom stereocenters. The van der Waals surface area contributed by atoms with Gasteiger partial charge in [-0.15, -0.1) is 0 Å². The molecule has 0 N–H and O–H groups in total. The molecule has 0 radical (unpaired) electrons. The van der Waals surface area contributed by atoms with Crippen molar-refractivity contribution in [2.45, 2.75) is 6.92 Å². The lowest BCUT2D eigenvalue weighted by Crippen LogP contribution is -1.88. The monoisotopic (exact) mass is 348 g/mol. The third kappa shape index (κ3) is 2.47. The van der Waals surface area contributed by atoms with Crippen molar-refractivity contribution in [1.82, 2.24) is 0 Å². The quantitative estimate of drug-likeness (QED) is 0.308. The van der Waals surface area contributed by atoms with Crippen LogP contribution in [0.1, 0.15) is 5.56 Å². The van der Waals surface area contributed by atoms with Crippen LogP contribution in [0.3, 0.4) is 0 Å². The molecule has 130 valence electrons. The predicted octanol–water partition coefficient (Wildman–Crippen LogP) is 7.13. The predicted molar refractivity (Wildman–Crippen MR) is 116 cm³/mol. The van der Waals surface area contributed by atoms with Crippen molar-refractivity contribution in [3.63, 3.8) is 0 Å². The van der Waals surface area contributed by atoms with Crippen LogP contribution in [0.25, 0.3) is 43.4 Å². The van der Waals surface area contributed by atoms with E-state index in [-0.39, 0.29) is 0 Å². The number of hydrogen-bond acceptors (Lipinski definition) is 1. The van der Waals surface area contributed by atoms with Gasteiger partial charge in [0.2, 0.25) is 0 Å². The molecular weight excluding hydrogens is 328 g/mol. The summed E-state index contributed by atoms with van der Waals surface area (Å²) < 4.78 is 5.33. The van der Waals surface area contributed by atoms with Gasteiger partial charge in [0.15, 0.2) is 0 Å². The first kappa shape index (κ1) is 15.9. The van der Waals surface area contributed by atoms with Gasteiger partial charge >= 0.3 is 0 Å². The van der Waals surface area contributed by atoms with Crippen LogP contribution in [0.2, 0.25) is 0 Å². The van der Waals surface area contributed by atoms with Crippen molar-refractivity contribution in [3.8, 4) is 16.9 Å². The lowest BCUT2D eigenvalue weighted by atomic mass is 9.89. The molecule has 5 aromatic rings. The van der Waals surface area contributed by atoms with Crippen LogP contribution in [0.15, 0.2) is 84.9 Å². The van der Waals surface area contributed by atoms with Crippen molar-refractivity contribution < 1.29 is 4.74 Å². The second kappa shape index (κ2) is 6.14. The topological polar surface area (TPSA) is 9.23 Å². The molecule has 0 spiro atoms. The number of methoxy groups -OCH3 is 1. The van der Waals surface area contributed by atoms with E-state index >= 15 is 0 Å². The van der Waals surface area contributed by atoms with Crippen LogP contribution in [0.5, 0.6) is 5.75 Å². The summed E-state index contributed by atoms with van der Waals surface area (Å²) in [5, 5.41) is 7.84. The third-order valence-electron chi connectivity index (χ3n) is 5.49. The Morgan fingerprint density at radius 1 is 0.556 bits per heavy atom. The highest BCUT2D eigenvalue weighted by atomic mass is 16.5. The van der Waals surface area contributed by atoms with Crippen molar-refractivity contribution >= 4 is 32.3 Å². The Balaban J connectivity index is 1.94. The summed E-state index contributed by atoms with van der Waals surface area (Å²) in [6, 6.07) is 30.4. The molecule has 1 nitrogen and oxygen atoms in total. The number of hydrogen-bond donors (Lipinski definition) is 0. The zero-order chi connectivity index (χ0) is 18.4. The maximum atomic E-state index is 5.33. The summed E-state index contributed by atoms with van der Waals surface area (Å²) >= 11 is 0. The number of aryl methyl sites for hydroxylation is 1. The van der Waals surface area contributed by atoms with Gasteiger partial charge in [-0.1, -0.05) is 66.7 Å². The van der Waals surface area contributed by atoms with E-state index in [1.165, 1.54) is 49.0 Å². The lowest BCUT2D eigenvalue weighted by Gasteiger charge is -2.14. The molecule has 0 heterocycles. The van der Waals surface area contributed by atoms with Crippen LogP contribution in [-0.4, -0.2) is 7.11 Å². The summed E-state index contributed by atoms with van der Waals surface area (Å²) in [5.74, 6) is 0.880. The van der Waals surface area contributed by atoms with Crippen LogP contribution < -0.4 is 4.74 Å². The van der Waals surface area contributed by atoms with Crippen LogP contribution >= 0.6 is 0 Å². The van der Waals surface area contributed by atoms with E-state index in [0.717, 1.165) is 5.75 Å². The molecule has 0 aromatic heterocycles. The fourth-order valence-electron chi connectivity index (χ4n) is 4.14. The van der Waals surface area contributed by atoms with Crippen molar-refractivity contribution in [2.75, 3.05) is 7.11 Å². The van der Waals surface area contributed by atoms with Gasteiger partial charge in [-0.3, -0.25) is 0 Å². The largest absolute Gasteiger partial charge is 0.497 e. The molecule has 0 aliphatic rings. The molecule has 5 rings (SSSR count). The molecule has 0 saturated carbocycles. The smallest absolute Gasteiger partial charge is 0.118 e. The summed E-state index contributed by atoms with van der Waals surface area (Å²) in [6.07, 6.45) is 0. The second-order valence-corrected chi connectivity index (χ2v) is 7.03. The van der Waals surface area contributed by atoms with E-state index in [1.807, 2.05) is 12.1 Å². The minimum absolute atomic E-state index is 0.880. The number of rotatable bonds is 2. The molecule has 0 aliphatic heterocycles. The Morgan fingerprint density at radius 2 is 1.11 bits per heavy atom. The number of fused-ring (bicyclic) bond motifs is 5. The second-order valence-electron chi connectivity index (χ2n) is 7.03. The lowest BCUT2D eigenvalue weighted by molar-refractivity contribution is 0.415. The average Bonchev–Trinajstić information content (AvgIpc) is 2.74. The fourth-order valence-corrected chi connectivity index (χ4v) is 4.14. The first-order valence-electron chi connectivity index (χ1n) is 9.24. The maximum absolute atomic E-state index is 5.33. The van der Waals surface area contributed by atoms with E-state index < -0.39 is 0 Å². The molecule has 0 saturated heterocycles. The molecule has 27 heavy (non-hydrogen) atoms. The third-order valence-corrected chi connectivity index (χ3v) is 5.49. The highest BCUT2D eigenvalue weighted by Gasteiger charge is 2.12. The van der Waals surface area contributed by atoms with Crippen molar-refractivity contribution in [2.24, 2.45) is 0 Å². The van der Waals surface area contributed by atoms with Crippen molar-refractivity contribution in [1.29, 1.82) is 0 Å². The molecule has 0 amide bonds. The molecule has 0 aliphatic carbocycles. The van der Waals surface area contributed by atoms with Gasteiger partial charge in [0, 0.05) is 0 Å². The normalized spacial score (nSPS) is 11.3. The highest BCUT2D eigenvalue weighted by Crippen LogP contribution is 2.39. The van der Waals surface area contributed by atoms with Crippen LogP contribution in [0.4, 0.5) is 0 Å². The zero-order valence-corrected chi connectivity index (χ0v) is 15.5. The SMILES string of the molecule is COc1ccc(-c2cc3c4ccccc4c(C)cc3c3ccccc23)cc1. The average molecular weight is 348 g/mol. The Hall–Kier alpha value is -3.32. The van der Waals surface area contributed by atoms with E-state index in [4.69, 9.17) is 4.74 Å². The summed E-state index contributed by atoms with van der Waals surface area (Å²) in [5.41, 5.74) is 3.79. The molecular formula is C26H20O. The minimum Gasteiger partial charge on any atom is -0.497 e. The Bertz CT molecular complexity index is 1300. The first-order chi connectivity index (χ1) is 13.3. The summed E-state index contributed by atoms with van der Waals surface area (Å²) in [7, 11) is 1.70. The van der Waals surface area contributed by atoms with E-state index in [0.29, 0.717) is 0 Å². The zero-order valence-electron chi connectivity index (χ0n) is 15.5. The molecule has 0 bridgehead atoms. The van der Waals surface area contributed by atoms with Gasteiger partial charge in [0.1, 0.15) is 5.75 Å². The first-order valence-corrected chi connectivity index (χ1v) is 9.24. The van der Waals surface area contributed by atoms with E-state index in [9.17, 15) is 0 Å². The standard InChI is InChI=1S/C26H20O/c1-17-15-25-23-10-6-5-9-22(23)24(18-11-13-19(27-2)14-12-18)16-26(25)21-8-4-3-7-20(17)21/h3-16H,1-2H3. The minimum atomic E-state index is 0.880. The Labute approximate surface area is 158 Å². The van der Waals surface area contributed by atoms with E-state index in [2.05, 4.69) is 79.7 Å². The Kier molecular flexibility index (Phi) is 3.61. The molecule has 1 heteroatoms. The van der Waals surface area contributed by atoms with Crippen molar-refractivity contribution in [3.05, 3.63) is 90.5 Å².